The van der Waals surface area contributed by atoms with Gasteiger partial charge in [0.05, 0.1) is 6.33 Å². The molecule has 0 spiro atoms. The Balaban J connectivity index is 1.41. The minimum Gasteiger partial charge on any atom is -0.356 e. The molecule has 1 aromatic heterocycles. The molecule has 20 heavy (non-hydrogen) atoms. The standard InChI is InChI=1S/C16H25N3O/c1-11(12-5-3-2-4-6-12)8-18-16(20)14-7-13(14)15-9-17-10-19-15/h9-14H,2-8H2,1H3,(H,17,19)(H,18,20)/t11?,13-,14-/m0/s1. The zero-order valence-electron chi connectivity index (χ0n) is 12.3. The number of carbonyl (C=O) groups is 1. The van der Waals surface area contributed by atoms with Crippen molar-refractivity contribution in [1.82, 2.24) is 15.3 Å². The van der Waals surface area contributed by atoms with Crippen molar-refractivity contribution < 1.29 is 4.79 Å². The van der Waals surface area contributed by atoms with Gasteiger partial charge in [0.1, 0.15) is 0 Å². The third kappa shape index (κ3) is 3.05. The first-order chi connectivity index (χ1) is 9.75. The van der Waals surface area contributed by atoms with Crippen molar-refractivity contribution in [3.05, 3.63) is 18.2 Å². The number of nitrogens with zero attached hydrogens (tertiary/aromatic N) is 1. The van der Waals surface area contributed by atoms with Crippen LogP contribution in [-0.4, -0.2) is 22.4 Å². The molecule has 1 aromatic rings. The molecule has 0 radical (unpaired) electrons. The number of hydrogen-bond donors (Lipinski definition) is 2. The number of imidazole rings is 1. The van der Waals surface area contributed by atoms with Crippen LogP contribution in [0.15, 0.2) is 12.5 Å². The quantitative estimate of drug-likeness (QED) is 0.868. The van der Waals surface area contributed by atoms with Crippen molar-refractivity contribution in [2.45, 2.75) is 51.4 Å². The highest BCUT2D eigenvalue weighted by Crippen LogP contribution is 2.46. The zero-order chi connectivity index (χ0) is 13.9. The predicted octanol–water partition coefficient (Wildman–Crippen LogP) is 2.85. The molecule has 110 valence electrons. The summed E-state index contributed by atoms with van der Waals surface area (Å²) in [6, 6.07) is 0. The van der Waals surface area contributed by atoms with E-state index in [9.17, 15) is 4.79 Å². The van der Waals surface area contributed by atoms with E-state index in [0.717, 1.165) is 24.6 Å². The van der Waals surface area contributed by atoms with Gasteiger partial charge in [0.2, 0.25) is 5.91 Å². The van der Waals surface area contributed by atoms with Crippen LogP contribution in [0.2, 0.25) is 0 Å². The minimum absolute atomic E-state index is 0.161. The van der Waals surface area contributed by atoms with E-state index in [-0.39, 0.29) is 11.8 Å². The summed E-state index contributed by atoms with van der Waals surface area (Å²) in [7, 11) is 0. The first kappa shape index (κ1) is 13.7. The van der Waals surface area contributed by atoms with Crippen molar-refractivity contribution in [1.29, 1.82) is 0 Å². The zero-order valence-corrected chi connectivity index (χ0v) is 12.3. The van der Waals surface area contributed by atoms with Gasteiger partial charge in [-0.2, -0.15) is 0 Å². The molecular formula is C16H25N3O. The van der Waals surface area contributed by atoms with E-state index >= 15 is 0 Å². The highest BCUT2D eigenvalue weighted by Gasteiger charge is 2.44. The van der Waals surface area contributed by atoms with Crippen LogP contribution in [0, 0.1) is 17.8 Å². The van der Waals surface area contributed by atoms with E-state index in [4.69, 9.17) is 0 Å². The number of aromatic nitrogens is 2. The maximum absolute atomic E-state index is 12.2. The third-order valence-electron chi connectivity index (χ3n) is 5.10. The highest BCUT2D eigenvalue weighted by atomic mass is 16.2. The number of hydrogen-bond acceptors (Lipinski definition) is 2. The second kappa shape index (κ2) is 5.98. The lowest BCUT2D eigenvalue weighted by Crippen LogP contribution is -2.33. The van der Waals surface area contributed by atoms with Crippen molar-refractivity contribution in [2.75, 3.05) is 6.54 Å². The lowest BCUT2D eigenvalue weighted by molar-refractivity contribution is -0.122. The summed E-state index contributed by atoms with van der Waals surface area (Å²) in [5.74, 6) is 2.18. The van der Waals surface area contributed by atoms with Crippen molar-refractivity contribution in [3.63, 3.8) is 0 Å². The Hall–Kier alpha value is -1.32. The Bertz CT molecular complexity index is 437. The minimum atomic E-state index is 0.161. The highest BCUT2D eigenvalue weighted by molar-refractivity contribution is 5.82. The van der Waals surface area contributed by atoms with Crippen LogP contribution in [0.3, 0.4) is 0 Å². The van der Waals surface area contributed by atoms with Crippen LogP contribution in [0.4, 0.5) is 0 Å². The summed E-state index contributed by atoms with van der Waals surface area (Å²) < 4.78 is 0. The lowest BCUT2D eigenvalue weighted by Gasteiger charge is -2.27. The molecular weight excluding hydrogens is 250 g/mol. The molecule has 3 rings (SSSR count). The van der Waals surface area contributed by atoms with E-state index in [2.05, 4.69) is 22.2 Å². The molecule has 2 fully saturated rings. The number of amides is 1. The number of carbonyl (C=O) groups excluding carboxylic acids is 1. The summed E-state index contributed by atoms with van der Waals surface area (Å²) in [6.07, 6.45) is 11.3. The van der Waals surface area contributed by atoms with Crippen LogP contribution >= 0.6 is 0 Å². The molecule has 0 aromatic carbocycles. The Kier molecular flexibility index (Phi) is 4.08. The van der Waals surface area contributed by atoms with Crippen LogP contribution in [0.25, 0.3) is 0 Å². The fourth-order valence-corrected chi connectivity index (χ4v) is 3.56. The van der Waals surface area contributed by atoms with Gasteiger partial charge in [-0.3, -0.25) is 4.79 Å². The lowest BCUT2D eigenvalue weighted by atomic mass is 9.81. The molecule has 2 aliphatic carbocycles. The molecule has 2 N–H and O–H groups in total. The van der Waals surface area contributed by atoms with Gasteiger partial charge in [-0.15, -0.1) is 0 Å². The normalized spacial score (nSPS) is 28.1. The third-order valence-corrected chi connectivity index (χ3v) is 5.10. The Morgan fingerprint density at radius 1 is 1.45 bits per heavy atom. The van der Waals surface area contributed by atoms with Gasteiger partial charge in [-0.25, -0.2) is 4.98 Å². The molecule has 2 saturated carbocycles. The Morgan fingerprint density at radius 3 is 2.95 bits per heavy atom. The number of rotatable bonds is 5. The number of nitrogens with one attached hydrogen (secondary N) is 2. The average molecular weight is 275 g/mol. The van der Waals surface area contributed by atoms with Gasteiger partial charge in [-0.05, 0) is 18.3 Å². The second-order valence-corrected chi connectivity index (χ2v) is 6.58. The van der Waals surface area contributed by atoms with E-state index in [1.165, 1.54) is 32.1 Å². The van der Waals surface area contributed by atoms with Crippen LogP contribution in [0.1, 0.15) is 57.1 Å². The molecule has 3 atom stereocenters. The summed E-state index contributed by atoms with van der Waals surface area (Å²) >= 11 is 0. The van der Waals surface area contributed by atoms with E-state index in [0.29, 0.717) is 11.8 Å². The molecule has 0 aliphatic heterocycles. The fourth-order valence-electron chi connectivity index (χ4n) is 3.56. The predicted molar refractivity (Wildman–Crippen MR) is 78.2 cm³/mol. The van der Waals surface area contributed by atoms with Gasteiger partial charge in [0.15, 0.2) is 0 Å². The van der Waals surface area contributed by atoms with Crippen molar-refractivity contribution >= 4 is 5.91 Å². The van der Waals surface area contributed by atoms with E-state index in [1.54, 1.807) is 6.33 Å². The Morgan fingerprint density at radius 2 is 2.25 bits per heavy atom. The second-order valence-electron chi connectivity index (χ2n) is 6.58. The van der Waals surface area contributed by atoms with Gasteiger partial charge in [0, 0.05) is 30.3 Å². The van der Waals surface area contributed by atoms with Gasteiger partial charge < -0.3 is 10.3 Å². The van der Waals surface area contributed by atoms with Crippen molar-refractivity contribution in [3.8, 4) is 0 Å². The molecule has 1 amide bonds. The van der Waals surface area contributed by atoms with E-state index < -0.39 is 0 Å². The monoisotopic (exact) mass is 275 g/mol. The summed E-state index contributed by atoms with van der Waals surface area (Å²) in [5, 5.41) is 3.16. The average Bonchev–Trinajstić information content (AvgIpc) is 3.11. The maximum atomic E-state index is 12.2. The first-order valence-electron chi connectivity index (χ1n) is 8.01. The van der Waals surface area contributed by atoms with Crippen LogP contribution in [-0.2, 0) is 4.79 Å². The maximum Gasteiger partial charge on any atom is 0.223 e. The number of aromatic amines is 1. The summed E-state index contributed by atoms with van der Waals surface area (Å²) in [5.41, 5.74) is 1.10. The smallest absolute Gasteiger partial charge is 0.223 e. The largest absolute Gasteiger partial charge is 0.356 e. The van der Waals surface area contributed by atoms with Crippen LogP contribution in [0.5, 0.6) is 0 Å². The van der Waals surface area contributed by atoms with Crippen molar-refractivity contribution in [2.24, 2.45) is 17.8 Å². The molecule has 1 unspecified atom stereocenters. The van der Waals surface area contributed by atoms with Crippen LogP contribution < -0.4 is 5.32 Å². The number of H-pyrrole nitrogens is 1. The van der Waals surface area contributed by atoms with E-state index in [1.807, 2.05) is 6.20 Å². The first-order valence-corrected chi connectivity index (χ1v) is 8.01. The molecule has 2 aliphatic rings. The fraction of sp³-hybridized carbons (Fsp3) is 0.750. The SMILES string of the molecule is CC(CNC(=O)[C@H]1C[C@@H]1c1cnc[nH]1)C1CCCCC1. The summed E-state index contributed by atoms with van der Waals surface area (Å²) in [4.78, 5) is 19.3. The van der Waals surface area contributed by atoms with Gasteiger partial charge in [-0.1, -0.05) is 39.0 Å². The summed E-state index contributed by atoms with van der Waals surface area (Å²) in [6.45, 7) is 3.13. The molecule has 0 bridgehead atoms. The molecule has 0 saturated heterocycles. The van der Waals surface area contributed by atoms with Gasteiger partial charge >= 0.3 is 0 Å². The molecule has 1 heterocycles. The Labute approximate surface area is 120 Å². The van der Waals surface area contributed by atoms with Gasteiger partial charge in [0.25, 0.3) is 0 Å². The molecule has 4 nitrogen and oxygen atoms in total. The topological polar surface area (TPSA) is 57.8 Å². The molecule has 4 heteroatoms.